The quantitative estimate of drug-likeness (QED) is 0.701. The fourth-order valence-electron chi connectivity index (χ4n) is 2.98. The second-order valence-corrected chi connectivity index (χ2v) is 5.37. The van der Waals surface area contributed by atoms with Crippen molar-refractivity contribution >= 4 is 0 Å². The van der Waals surface area contributed by atoms with Crippen LogP contribution < -0.4 is 0 Å². The molecule has 1 aliphatic rings. The van der Waals surface area contributed by atoms with Gasteiger partial charge < -0.3 is 0 Å². The number of halogens is 2. The van der Waals surface area contributed by atoms with Gasteiger partial charge in [0.15, 0.2) is 0 Å². The van der Waals surface area contributed by atoms with Crippen LogP contribution in [0.4, 0.5) is 8.78 Å². The Morgan fingerprint density at radius 2 is 1.89 bits per heavy atom. The Bertz CT molecular complexity index is 384. The Balaban J connectivity index is 1.93. The number of hydrogen-bond donors (Lipinski definition) is 0. The molecular formula is C15H21F2N. The van der Waals surface area contributed by atoms with E-state index in [0.29, 0.717) is 5.56 Å². The van der Waals surface area contributed by atoms with Crippen molar-refractivity contribution in [1.29, 1.82) is 0 Å². The predicted octanol–water partition coefficient (Wildman–Crippen LogP) is 4.82. The number of unbranched alkanes of at least 4 members (excludes halogenated alkanes) is 1. The summed E-state index contributed by atoms with van der Waals surface area (Å²) in [5.74, 6) is -0.312. The largest absolute Gasteiger partial charge is 0.218 e. The molecule has 0 unspecified atom stereocenters. The van der Waals surface area contributed by atoms with E-state index in [-0.39, 0.29) is 5.92 Å². The molecule has 0 aromatic carbocycles. The van der Waals surface area contributed by atoms with Crippen molar-refractivity contribution in [3.8, 4) is 0 Å². The molecule has 0 amide bonds. The van der Waals surface area contributed by atoms with E-state index in [1.54, 1.807) is 6.07 Å². The average molecular weight is 253 g/mol. The van der Waals surface area contributed by atoms with Crippen molar-refractivity contribution < 1.29 is 8.78 Å². The topological polar surface area (TPSA) is 12.9 Å². The third-order valence-electron chi connectivity index (χ3n) is 4.10. The SMILES string of the molecule is CCCC[C@H]1CC[C@H](c2ccc(F)nc2F)CC1. The highest BCUT2D eigenvalue weighted by molar-refractivity contribution is 5.17. The van der Waals surface area contributed by atoms with Gasteiger partial charge in [0.25, 0.3) is 0 Å². The fourth-order valence-corrected chi connectivity index (χ4v) is 2.98. The van der Waals surface area contributed by atoms with Crippen molar-refractivity contribution in [3.05, 3.63) is 29.6 Å². The first-order valence-corrected chi connectivity index (χ1v) is 7.02. The maximum atomic E-state index is 13.6. The lowest BCUT2D eigenvalue weighted by Crippen LogP contribution is -2.15. The van der Waals surface area contributed by atoms with Crippen LogP contribution in [0.5, 0.6) is 0 Å². The van der Waals surface area contributed by atoms with E-state index in [4.69, 9.17) is 0 Å². The first-order chi connectivity index (χ1) is 8.70. The molecule has 1 fully saturated rings. The Hall–Kier alpha value is -0.990. The molecule has 1 aliphatic carbocycles. The second-order valence-electron chi connectivity index (χ2n) is 5.37. The fraction of sp³-hybridized carbons (Fsp3) is 0.667. The molecule has 2 rings (SSSR count). The van der Waals surface area contributed by atoms with Crippen LogP contribution in [0.2, 0.25) is 0 Å². The van der Waals surface area contributed by atoms with Crippen LogP contribution in [0, 0.1) is 17.8 Å². The lowest BCUT2D eigenvalue weighted by molar-refractivity contribution is 0.299. The van der Waals surface area contributed by atoms with Crippen LogP contribution in [-0.2, 0) is 0 Å². The minimum atomic E-state index is -0.729. The van der Waals surface area contributed by atoms with Crippen molar-refractivity contribution in [2.45, 2.75) is 57.8 Å². The van der Waals surface area contributed by atoms with Crippen LogP contribution in [-0.4, -0.2) is 4.98 Å². The molecule has 0 atom stereocenters. The van der Waals surface area contributed by atoms with E-state index < -0.39 is 11.9 Å². The zero-order valence-corrected chi connectivity index (χ0v) is 11.0. The molecule has 0 bridgehead atoms. The zero-order valence-electron chi connectivity index (χ0n) is 11.0. The lowest BCUT2D eigenvalue weighted by atomic mass is 9.77. The maximum Gasteiger partial charge on any atom is 0.218 e. The predicted molar refractivity (Wildman–Crippen MR) is 68.4 cm³/mol. The van der Waals surface area contributed by atoms with Gasteiger partial charge in [-0.05, 0) is 49.7 Å². The minimum Gasteiger partial charge on any atom is -0.190 e. The summed E-state index contributed by atoms with van der Waals surface area (Å²) in [6, 6.07) is 2.83. The summed E-state index contributed by atoms with van der Waals surface area (Å²) < 4.78 is 26.3. The lowest BCUT2D eigenvalue weighted by Gasteiger charge is -2.28. The van der Waals surface area contributed by atoms with Gasteiger partial charge in [-0.25, -0.2) is 0 Å². The first-order valence-electron chi connectivity index (χ1n) is 7.02. The zero-order chi connectivity index (χ0) is 13.0. The minimum absolute atomic E-state index is 0.232. The molecule has 1 saturated carbocycles. The van der Waals surface area contributed by atoms with Crippen LogP contribution in [0.3, 0.4) is 0 Å². The number of hydrogen-bond acceptors (Lipinski definition) is 1. The van der Waals surface area contributed by atoms with Gasteiger partial charge in [0.05, 0.1) is 0 Å². The smallest absolute Gasteiger partial charge is 0.190 e. The Labute approximate surface area is 108 Å². The monoisotopic (exact) mass is 253 g/mol. The molecule has 1 nitrogen and oxygen atoms in total. The van der Waals surface area contributed by atoms with Gasteiger partial charge in [-0.1, -0.05) is 26.2 Å². The van der Waals surface area contributed by atoms with Crippen molar-refractivity contribution in [2.75, 3.05) is 0 Å². The summed E-state index contributed by atoms with van der Waals surface area (Å²) in [6.07, 6.45) is 8.20. The molecule has 1 aromatic heterocycles. The van der Waals surface area contributed by atoms with Crippen LogP contribution >= 0.6 is 0 Å². The second kappa shape index (κ2) is 6.26. The van der Waals surface area contributed by atoms with Gasteiger partial charge in [-0.3, -0.25) is 0 Å². The standard InChI is InChI=1S/C15H21F2N/c1-2-3-4-11-5-7-12(8-6-11)13-9-10-14(16)18-15(13)17/h9-12H,2-8H2,1H3/t11-,12-. The maximum absolute atomic E-state index is 13.6. The molecule has 0 radical (unpaired) electrons. The van der Waals surface area contributed by atoms with Gasteiger partial charge in [0.1, 0.15) is 0 Å². The molecule has 0 N–H and O–H groups in total. The Morgan fingerprint density at radius 1 is 1.17 bits per heavy atom. The molecular weight excluding hydrogens is 232 g/mol. The van der Waals surface area contributed by atoms with E-state index in [1.807, 2.05) is 0 Å². The molecule has 100 valence electrons. The highest BCUT2D eigenvalue weighted by Crippen LogP contribution is 2.38. The van der Waals surface area contributed by atoms with Crippen molar-refractivity contribution in [1.82, 2.24) is 4.98 Å². The highest BCUT2D eigenvalue weighted by Gasteiger charge is 2.24. The summed E-state index contributed by atoms with van der Waals surface area (Å²) in [7, 11) is 0. The summed E-state index contributed by atoms with van der Waals surface area (Å²) in [4.78, 5) is 3.28. The normalized spacial score (nSPS) is 24.2. The third kappa shape index (κ3) is 3.27. The van der Waals surface area contributed by atoms with Crippen LogP contribution in [0.1, 0.15) is 63.4 Å². The molecule has 18 heavy (non-hydrogen) atoms. The molecule has 3 heteroatoms. The molecule has 0 saturated heterocycles. The summed E-state index contributed by atoms with van der Waals surface area (Å²) >= 11 is 0. The van der Waals surface area contributed by atoms with Gasteiger partial charge in [-0.15, -0.1) is 0 Å². The molecule has 1 aromatic rings. The Morgan fingerprint density at radius 3 is 2.50 bits per heavy atom. The third-order valence-corrected chi connectivity index (χ3v) is 4.10. The highest BCUT2D eigenvalue weighted by atomic mass is 19.1. The van der Waals surface area contributed by atoms with Crippen LogP contribution in [0.25, 0.3) is 0 Å². The van der Waals surface area contributed by atoms with E-state index >= 15 is 0 Å². The van der Waals surface area contributed by atoms with E-state index in [0.717, 1.165) is 18.8 Å². The van der Waals surface area contributed by atoms with Gasteiger partial charge in [-0.2, -0.15) is 13.8 Å². The number of rotatable bonds is 4. The van der Waals surface area contributed by atoms with E-state index in [9.17, 15) is 8.78 Å². The number of aromatic nitrogens is 1. The first kappa shape index (κ1) is 13.4. The number of pyridine rings is 1. The van der Waals surface area contributed by atoms with Crippen molar-refractivity contribution in [3.63, 3.8) is 0 Å². The van der Waals surface area contributed by atoms with E-state index in [2.05, 4.69) is 11.9 Å². The van der Waals surface area contributed by atoms with E-state index in [1.165, 1.54) is 38.2 Å². The molecule has 1 heterocycles. The average Bonchev–Trinajstić information content (AvgIpc) is 2.37. The van der Waals surface area contributed by atoms with Crippen LogP contribution in [0.15, 0.2) is 12.1 Å². The molecule has 0 aliphatic heterocycles. The number of nitrogens with zero attached hydrogens (tertiary/aromatic N) is 1. The summed E-state index contributed by atoms with van der Waals surface area (Å²) in [6.45, 7) is 2.21. The molecule has 0 spiro atoms. The summed E-state index contributed by atoms with van der Waals surface area (Å²) in [5.41, 5.74) is 0.602. The summed E-state index contributed by atoms with van der Waals surface area (Å²) in [5, 5.41) is 0. The van der Waals surface area contributed by atoms with Gasteiger partial charge >= 0.3 is 0 Å². The van der Waals surface area contributed by atoms with Gasteiger partial charge in [0.2, 0.25) is 11.9 Å². The van der Waals surface area contributed by atoms with Gasteiger partial charge in [0, 0.05) is 5.56 Å². The van der Waals surface area contributed by atoms with Crippen molar-refractivity contribution in [2.24, 2.45) is 5.92 Å². The Kier molecular flexibility index (Phi) is 4.67.